The first-order valence-electron chi connectivity index (χ1n) is 9.71. The first-order valence-corrected chi connectivity index (χ1v) is 9.71. The average Bonchev–Trinajstić information content (AvgIpc) is 3.12. The lowest BCUT2D eigenvalue weighted by Crippen LogP contribution is -2.05. The van der Waals surface area contributed by atoms with Crippen LogP contribution in [0.2, 0.25) is 0 Å². The molecule has 0 atom stereocenters. The summed E-state index contributed by atoms with van der Waals surface area (Å²) in [5, 5.41) is 18.4. The Balaban J connectivity index is 1.41. The zero-order valence-electron chi connectivity index (χ0n) is 16.7. The van der Waals surface area contributed by atoms with Gasteiger partial charge in [0.25, 0.3) is 0 Å². The van der Waals surface area contributed by atoms with Crippen molar-refractivity contribution in [3.05, 3.63) is 71.9 Å². The van der Waals surface area contributed by atoms with Gasteiger partial charge in [-0.2, -0.15) is 10.4 Å². The monoisotopic (exact) mass is 398 g/mol. The number of hydrogen-bond acceptors (Lipinski definition) is 6. The summed E-state index contributed by atoms with van der Waals surface area (Å²) in [7, 11) is 1.65. The smallest absolute Gasteiger partial charge is 0.145 e. The van der Waals surface area contributed by atoms with Crippen molar-refractivity contribution in [2.24, 2.45) is 0 Å². The summed E-state index contributed by atoms with van der Waals surface area (Å²) in [6.45, 7) is 0.706. The zero-order valence-corrected chi connectivity index (χ0v) is 16.7. The lowest BCUT2D eigenvalue weighted by molar-refractivity contribution is 0.415. The van der Waals surface area contributed by atoms with Crippen LogP contribution in [0.5, 0.6) is 5.75 Å². The maximum atomic E-state index is 9.51. The molecule has 0 aliphatic heterocycles. The van der Waals surface area contributed by atoms with E-state index in [1.165, 1.54) is 0 Å². The van der Waals surface area contributed by atoms with Gasteiger partial charge in [-0.1, -0.05) is 18.2 Å². The van der Waals surface area contributed by atoms with Crippen molar-refractivity contribution in [3.8, 4) is 17.5 Å². The van der Waals surface area contributed by atoms with E-state index in [-0.39, 0.29) is 0 Å². The van der Waals surface area contributed by atoms with Gasteiger partial charge in [0.1, 0.15) is 29.0 Å². The van der Waals surface area contributed by atoms with Gasteiger partial charge in [-0.25, -0.2) is 9.67 Å². The molecule has 0 unspecified atom stereocenters. The minimum atomic E-state index is 0.373. The molecule has 7 heteroatoms. The molecule has 0 aliphatic rings. The summed E-state index contributed by atoms with van der Waals surface area (Å²) in [6.07, 6.45) is 1.44. The minimum absolute atomic E-state index is 0.373. The minimum Gasteiger partial charge on any atom is -0.497 e. The fourth-order valence-electron chi connectivity index (χ4n) is 3.34. The molecule has 0 bridgehead atoms. The molecule has 0 fully saturated rings. The van der Waals surface area contributed by atoms with Gasteiger partial charge in [0.15, 0.2) is 0 Å². The lowest BCUT2D eigenvalue weighted by atomic mass is 10.1. The number of methoxy groups -OCH3 is 1. The van der Waals surface area contributed by atoms with Crippen molar-refractivity contribution >= 4 is 22.5 Å². The number of fused-ring (bicyclic) bond motifs is 1. The Morgan fingerprint density at radius 3 is 2.73 bits per heavy atom. The second-order valence-electron chi connectivity index (χ2n) is 6.85. The standard InChI is InChI=1S/C23H22N6O/c1-30-18-10-11-20-16(14-18)9-12-22(27-20)26-13-5-8-21-19(15-24)23(25)29(28-21)17-6-3-2-4-7-17/h2-4,6-7,9-12,14H,5,8,13,25H2,1H3,(H,26,27). The van der Waals surface area contributed by atoms with E-state index in [0.29, 0.717) is 30.0 Å². The highest BCUT2D eigenvalue weighted by Crippen LogP contribution is 2.22. The van der Waals surface area contributed by atoms with Crippen LogP contribution in [0.25, 0.3) is 16.6 Å². The number of nitrogen functional groups attached to an aromatic ring is 1. The number of nitrogens with two attached hydrogens (primary N) is 1. The molecule has 0 aliphatic carbocycles. The van der Waals surface area contributed by atoms with Crippen LogP contribution in [0.1, 0.15) is 17.7 Å². The van der Waals surface area contributed by atoms with Crippen LogP contribution < -0.4 is 15.8 Å². The summed E-state index contributed by atoms with van der Waals surface area (Å²) in [4.78, 5) is 4.63. The Kier molecular flexibility index (Phi) is 5.48. The van der Waals surface area contributed by atoms with E-state index in [2.05, 4.69) is 21.5 Å². The molecule has 4 aromatic rings. The fourth-order valence-corrected chi connectivity index (χ4v) is 3.34. The third-order valence-corrected chi connectivity index (χ3v) is 4.90. The van der Waals surface area contributed by atoms with Crippen molar-refractivity contribution in [1.29, 1.82) is 5.26 Å². The number of rotatable bonds is 7. The molecular weight excluding hydrogens is 376 g/mol. The summed E-state index contributed by atoms with van der Waals surface area (Å²) in [5.41, 5.74) is 9.05. The molecule has 2 heterocycles. The van der Waals surface area contributed by atoms with E-state index in [9.17, 15) is 5.26 Å². The molecule has 0 spiro atoms. The van der Waals surface area contributed by atoms with Gasteiger partial charge in [0.2, 0.25) is 0 Å². The van der Waals surface area contributed by atoms with Crippen molar-refractivity contribution < 1.29 is 4.74 Å². The van der Waals surface area contributed by atoms with Crippen molar-refractivity contribution in [1.82, 2.24) is 14.8 Å². The predicted molar refractivity (Wildman–Crippen MR) is 118 cm³/mol. The molecule has 4 rings (SSSR count). The van der Waals surface area contributed by atoms with Gasteiger partial charge < -0.3 is 15.8 Å². The van der Waals surface area contributed by atoms with Gasteiger partial charge in [0, 0.05) is 11.9 Å². The van der Waals surface area contributed by atoms with Crippen LogP contribution in [0.4, 0.5) is 11.6 Å². The number of aryl methyl sites for hydroxylation is 1. The van der Waals surface area contributed by atoms with Crippen LogP contribution in [0, 0.1) is 11.3 Å². The average molecular weight is 398 g/mol. The Morgan fingerprint density at radius 1 is 1.13 bits per heavy atom. The predicted octanol–water partition coefficient (Wildman–Crippen LogP) is 3.93. The van der Waals surface area contributed by atoms with Gasteiger partial charge in [-0.15, -0.1) is 0 Å². The molecule has 30 heavy (non-hydrogen) atoms. The highest BCUT2D eigenvalue weighted by molar-refractivity contribution is 5.81. The van der Waals surface area contributed by atoms with E-state index >= 15 is 0 Å². The summed E-state index contributed by atoms with van der Waals surface area (Å²) in [6, 6.07) is 21.5. The number of para-hydroxylation sites is 1. The van der Waals surface area contributed by atoms with Crippen LogP contribution >= 0.6 is 0 Å². The number of benzene rings is 2. The first-order chi connectivity index (χ1) is 14.7. The Labute approximate surface area is 174 Å². The highest BCUT2D eigenvalue weighted by Gasteiger charge is 2.16. The van der Waals surface area contributed by atoms with Crippen molar-refractivity contribution in [3.63, 3.8) is 0 Å². The molecule has 2 aromatic carbocycles. The maximum absolute atomic E-state index is 9.51. The Hall–Kier alpha value is -4.05. The van der Waals surface area contributed by atoms with E-state index in [1.807, 2.05) is 60.7 Å². The lowest BCUT2D eigenvalue weighted by Gasteiger charge is -2.07. The van der Waals surface area contributed by atoms with Crippen LogP contribution in [-0.4, -0.2) is 28.4 Å². The number of ether oxygens (including phenoxy) is 1. The Morgan fingerprint density at radius 2 is 1.97 bits per heavy atom. The number of nitrogens with one attached hydrogen (secondary N) is 1. The molecule has 0 radical (unpaired) electrons. The number of pyridine rings is 1. The third-order valence-electron chi connectivity index (χ3n) is 4.90. The molecule has 0 saturated carbocycles. The highest BCUT2D eigenvalue weighted by atomic mass is 16.5. The van der Waals surface area contributed by atoms with E-state index in [4.69, 9.17) is 10.5 Å². The van der Waals surface area contributed by atoms with E-state index in [0.717, 1.165) is 34.6 Å². The maximum Gasteiger partial charge on any atom is 0.145 e. The number of nitrogens with zero attached hydrogens (tertiary/aromatic N) is 4. The fraction of sp³-hybridized carbons (Fsp3) is 0.174. The number of anilines is 2. The molecule has 0 amide bonds. The van der Waals surface area contributed by atoms with Gasteiger partial charge in [0.05, 0.1) is 24.0 Å². The van der Waals surface area contributed by atoms with Gasteiger partial charge in [-0.3, -0.25) is 0 Å². The second kappa shape index (κ2) is 8.53. The van der Waals surface area contributed by atoms with Gasteiger partial charge in [-0.05, 0) is 55.3 Å². The molecule has 7 nitrogen and oxygen atoms in total. The van der Waals surface area contributed by atoms with Crippen molar-refractivity contribution in [2.45, 2.75) is 12.8 Å². The van der Waals surface area contributed by atoms with Gasteiger partial charge >= 0.3 is 0 Å². The zero-order chi connectivity index (χ0) is 20.9. The third kappa shape index (κ3) is 3.89. The largest absolute Gasteiger partial charge is 0.497 e. The molecular formula is C23H22N6O. The number of hydrogen-bond donors (Lipinski definition) is 2. The second-order valence-corrected chi connectivity index (χ2v) is 6.85. The summed E-state index contributed by atoms with van der Waals surface area (Å²) < 4.78 is 6.87. The molecule has 0 saturated heterocycles. The molecule has 150 valence electrons. The first kappa shape index (κ1) is 19.3. The Bertz CT molecular complexity index is 1210. The summed E-state index contributed by atoms with van der Waals surface area (Å²) >= 11 is 0. The van der Waals surface area contributed by atoms with E-state index < -0.39 is 0 Å². The SMILES string of the molecule is COc1ccc2nc(NCCCc3nn(-c4ccccc4)c(N)c3C#N)ccc2c1. The van der Waals surface area contributed by atoms with Crippen LogP contribution in [0.15, 0.2) is 60.7 Å². The van der Waals surface area contributed by atoms with Crippen LogP contribution in [-0.2, 0) is 6.42 Å². The normalized spacial score (nSPS) is 10.7. The number of nitriles is 1. The van der Waals surface area contributed by atoms with Crippen molar-refractivity contribution in [2.75, 3.05) is 24.7 Å². The molecule has 3 N–H and O–H groups in total. The van der Waals surface area contributed by atoms with E-state index in [1.54, 1.807) is 11.8 Å². The number of aromatic nitrogens is 3. The summed E-state index contributed by atoms with van der Waals surface area (Å²) in [5.74, 6) is 1.99. The molecule has 2 aromatic heterocycles. The quantitative estimate of drug-likeness (QED) is 0.457. The van der Waals surface area contributed by atoms with Crippen LogP contribution in [0.3, 0.4) is 0 Å². The topological polar surface area (TPSA) is 102 Å².